The Kier molecular flexibility index (Phi) is 10.9. The zero-order valence-electron chi connectivity index (χ0n) is 22.8. The highest BCUT2D eigenvalue weighted by atomic mass is 127. The van der Waals surface area contributed by atoms with Crippen LogP contribution >= 0.6 is 22.6 Å². The van der Waals surface area contributed by atoms with Crippen LogP contribution in [-0.4, -0.2) is 50.5 Å². The Bertz CT molecular complexity index is 1360. The molecule has 39 heavy (non-hydrogen) atoms. The average Bonchev–Trinajstić information content (AvgIpc) is 2.88. The summed E-state index contributed by atoms with van der Waals surface area (Å²) in [5.74, 6) is -0.497. The highest BCUT2D eigenvalue weighted by Crippen LogP contribution is 2.21. The normalized spacial score (nSPS) is 12.2. The van der Waals surface area contributed by atoms with Gasteiger partial charge in [0.25, 0.3) is 0 Å². The summed E-state index contributed by atoms with van der Waals surface area (Å²) in [6.07, 6.45) is 1.38. The molecule has 0 fully saturated rings. The van der Waals surface area contributed by atoms with Gasteiger partial charge in [-0.3, -0.25) is 13.9 Å². The number of rotatable bonds is 12. The molecule has 2 amide bonds. The predicted octanol–water partition coefficient (Wildman–Crippen LogP) is 4.78. The summed E-state index contributed by atoms with van der Waals surface area (Å²) in [7, 11) is -3.78. The van der Waals surface area contributed by atoms with Crippen molar-refractivity contribution in [1.82, 2.24) is 10.2 Å². The number of halogens is 1. The SMILES string of the molecule is Cc1cccc(CN(C(=O)CN(c2ccc(I)cc2)S(C)(=O)=O)C(Cc2ccccc2)C(=O)NCC(C)C)c1. The van der Waals surface area contributed by atoms with Crippen LogP contribution in [0.25, 0.3) is 0 Å². The lowest BCUT2D eigenvalue weighted by atomic mass is 10.0. The number of carbonyl (C=O) groups excluding carboxylic acids is 2. The Morgan fingerprint density at radius 1 is 0.923 bits per heavy atom. The lowest BCUT2D eigenvalue weighted by molar-refractivity contribution is -0.140. The molecule has 0 aliphatic heterocycles. The fraction of sp³-hybridized carbons (Fsp3) is 0.333. The molecule has 3 aromatic rings. The minimum Gasteiger partial charge on any atom is -0.354 e. The van der Waals surface area contributed by atoms with Crippen LogP contribution < -0.4 is 9.62 Å². The molecule has 0 heterocycles. The summed E-state index contributed by atoms with van der Waals surface area (Å²) >= 11 is 2.14. The fourth-order valence-electron chi connectivity index (χ4n) is 4.20. The first-order chi connectivity index (χ1) is 18.4. The van der Waals surface area contributed by atoms with Gasteiger partial charge in [-0.15, -0.1) is 0 Å². The van der Waals surface area contributed by atoms with Gasteiger partial charge in [-0.2, -0.15) is 0 Å². The van der Waals surface area contributed by atoms with E-state index in [1.807, 2.05) is 75.4 Å². The Morgan fingerprint density at radius 2 is 1.56 bits per heavy atom. The van der Waals surface area contributed by atoms with Gasteiger partial charge in [0.1, 0.15) is 12.6 Å². The Balaban J connectivity index is 2.04. The van der Waals surface area contributed by atoms with Crippen molar-refractivity contribution in [3.63, 3.8) is 0 Å². The van der Waals surface area contributed by atoms with E-state index in [4.69, 9.17) is 0 Å². The minimum atomic E-state index is -3.78. The van der Waals surface area contributed by atoms with E-state index in [9.17, 15) is 18.0 Å². The topological polar surface area (TPSA) is 86.8 Å². The molecule has 1 unspecified atom stereocenters. The molecule has 1 atom stereocenters. The lowest BCUT2D eigenvalue weighted by Crippen LogP contribution is -2.53. The number of hydrogen-bond donors (Lipinski definition) is 1. The van der Waals surface area contributed by atoms with E-state index in [0.717, 1.165) is 30.8 Å². The van der Waals surface area contributed by atoms with Crippen molar-refractivity contribution in [3.8, 4) is 0 Å². The molecular weight excluding hydrogens is 625 g/mol. The molecule has 0 bridgehead atoms. The van der Waals surface area contributed by atoms with Crippen LogP contribution in [0.5, 0.6) is 0 Å². The maximum atomic E-state index is 14.0. The maximum absolute atomic E-state index is 14.0. The molecule has 1 N–H and O–H groups in total. The summed E-state index contributed by atoms with van der Waals surface area (Å²) in [6, 6.07) is 23.4. The summed E-state index contributed by atoms with van der Waals surface area (Å²) < 4.78 is 27.7. The number of sulfonamides is 1. The van der Waals surface area contributed by atoms with Gasteiger partial charge in [-0.05, 0) is 70.8 Å². The van der Waals surface area contributed by atoms with E-state index in [1.165, 1.54) is 4.90 Å². The molecule has 0 aliphatic carbocycles. The van der Waals surface area contributed by atoms with Gasteiger partial charge >= 0.3 is 0 Å². The lowest BCUT2D eigenvalue weighted by Gasteiger charge is -2.33. The van der Waals surface area contributed by atoms with Crippen LogP contribution in [-0.2, 0) is 32.6 Å². The summed E-state index contributed by atoms with van der Waals surface area (Å²) in [4.78, 5) is 29.2. The second-order valence-electron chi connectivity index (χ2n) is 10.1. The van der Waals surface area contributed by atoms with Crippen molar-refractivity contribution >= 4 is 50.1 Å². The average molecular weight is 662 g/mol. The first kappa shape index (κ1) is 30.6. The monoisotopic (exact) mass is 661 g/mol. The number of nitrogens with one attached hydrogen (secondary N) is 1. The highest BCUT2D eigenvalue weighted by molar-refractivity contribution is 14.1. The minimum absolute atomic E-state index is 0.164. The van der Waals surface area contributed by atoms with Crippen LogP contribution in [0.1, 0.15) is 30.5 Å². The van der Waals surface area contributed by atoms with Gasteiger partial charge < -0.3 is 10.2 Å². The zero-order chi connectivity index (χ0) is 28.6. The van der Waals surface area contributed by atoms with Crippen molar-refractivity contribution in [2.45, 2.75) is 39.8 Å². The van der Waals surface area contributed by atoms with Crippen molar-refractivity contribution in [2.24, 2.45) is 5.92 Å². The first-order valence-corrected chi connectivity index (χ1v) is 15.8. The van der Waals surface area contributed by atoms with Crippen LogP contribution in [0, 0.1) is 16.4 Å². The molecule has 3 rings (SSSR count). The van der Waals surface area contributed by atoms with E-state index in [-0.39, 0.29) is 18.4 Å². The number of hydrogen-bond acceptors (Lipinski definition) is 4. The van der Waals surface area contributed by atoms with E-state index < -0.39 is 28.5 Å². The molecule has 0 aromatic heterocycles. The molecule has 0 saturated carbocycles. The smallest absolute Gasteiger partial charge is 0.244 e. The molecule has 0 spiro atoms. The number of aryl methyl sites for hydroxylation is 1. The molecule has 9 heteroatoms. The van der Waals surface area contributed by atoms with E-state index in [2.05, 4.69) is 27.9 Å². The predicted molar refractivity (Wildman–Crippen MR) is 165 cm³/mol. The summed E-state index contributed by atoms with van der Waals surface area (Å²) in [6.45, 7) is 6.19. The maximum Gasteiger partial charge on any atom is 0.244 e. The van der Waals surface area contributed by atoms with Crippen molar-refractivity contribution in [1.29, 1.82) is 0 Å². The van der Waals surface area contributed by atoms with Crippen LogP contribution in [0.15, 0.2) is 78.9 Å². The van der Waals surface area contributed by atoms with Crippen molar-refractivity contribution in [3.05, 3.63) is 99.1 Å². The van der Waals surface area contributed by atoms with Crippen molar-refractivity contribution < 1.29 is 18.0 Å². The second kappa shape index (κ2) is 13.9. The van der Waals surface area contributed by atoms with Gasteiger partial charge in [0.2, 0.25) is 21.8 Å². The van der Waals surface area contributed by atoms with Gasteiger partial charge in [-0.1, -0.05) is 74.0 Å². The van der Waals surface area contributed by atoms with E-state index >= 15 is 0 Å². The van der Waals surface area contributed by atoms with Crippen LogP contribution in [0.2, 0.25) is 0 Å². The molecule has 3 aromatic carbocycles. The number of benzene rings is 3. The van der Waals surface area contributed by atoms with E-state index in [1.54, 1.807) is 24.3 Å². The van der Waals surface area contributed by atoms with Crippen LogP contribution in [0.3, 0.4) is 0 Å². The molecule has 0 saturated heterocycles. The number of nitrogens with zero attached hydrogens (tertiary/aromatic N) is 2. The summed E-state index contributed by atoms with van der Waals surface area (Å²) in [5, 5.41) is 2.99. The largest absolute Gasteiger partial charge is 0.354 e. The van der Waals surface area contributed by atoms with Crippen LogP contribution in [0.4, 0.5) is 5.69 Å². The quantitative estimate of drug-likeness (QED) is 0.284. The Labute approximate surface area is 245 Å². The van der Waals surface area contributed by atoms with Gasteiger partial charge in [0, 0.05) is 23.1 Å². The number of carbonyl (C=O) groups is 2. The molecule has 0 radical (unpaired) electrons. The zero-order valence-corrected chi connectivity index (χ0v) is 25.8. The standard InChI is InChI=1S/C30H36IN3O4S/c1-22(2)19-32-30(36)28(18-24-10-6-5-7-11-24)33(20-25-12-8-9-23(3)17-25)29(35)21-34(39(4,37)38)27-15-13-26(31)14-16-27/h5-17,22,28H,18-21H2,1-4H3,(H,32,36). The Morgan fingerprint density at radius 3 is 2.15 bits per heavy atom. The molecule has 7 nitrogen and oxygen atoms in total. The van der Waals surface area contributed by atoms with Gasteiger partial charge in [-0.25, -0.2) is 8.42 Å². The highest BCUT2D eigenvalue weighted by Gasteiger charge is 2.33. The third-order valence-corrected chi connectivity index (χ3v) is 8.04. The molecule has 0 aliphatic rings. The third-order valence-electron chi connectivity index (χ3n) is 6.18. The molecular formula is C30H36IN3O4S. The summed E-state index contributed by atoms with van der Waals surface area (Å²) in [5.41, 5.74) is 3.19. The van der Waals surface area contributed by atoms with Gasteiger partial charge in [0.15, 0.2) is 0 Å². The molecule has 208 valence electrons. The fourth-order valence-corrected chi connectivity index (χ4v) is 5.41. The first-order valence-electron chi connectivity index (χ1n) is 12.8. The second-order valence-corrected chi connectivity index (χ2v) is 13.3. The number of anilines is 1. The van der Waals surface area contributed by atoms with Gasteiger partial charge in [0.05, 0.1) is 11.9 Å². The van der Waals surface area contributed by atoms with E-state index in [0.29, 0.717) is 18.7 Å². The number of amides is 2. The van der Waals surface area contributed by atoms with Crippen molar-refractivity contribution in [2.75, 3.05) is 23.7 Å². The Hall–Kier alpha value is -2.92. The third kappa shape index (κ3) is 9.35.